The van der Waals surface area contributed by atoms with Gasteiger partial charge in [-0.05, 0) is 26.2 Å². The van der Waals surface area contributed by atoms with Crippen LogP contribution in [0.25, 0.3) is 0 Å². The van der Waals surface area contributed by atoms with Gasteiger partial charge in [0, 0.05) is 27.7 Å². The molecule has 1 aromatic rings. The molecule has 0 saturated heterocycles. The van der Waals surface area contributed by atoms with Crippen LogP contribution >= 0.6 is 0 Å². The topological polar surface area (TPSA) is 34.1 Å². The lowest BCUT2D eigenvalue weighted by Gasteiger charge is -2.30. The van der Waals surface area contributed by atoms with Gasteiger partial charge in [-0.25, -0.2) is 0 Å². The molecule has 0 N–H and O–H groups in total. The van der Waals surface area contributed by atoms with Gasteiger partial charge < -0.3 is 0 Å². The van der Waals surface area contributed by atoms with E-state index in [2.05, 4.69) is 26.8 Å². The third-order valence-electron chi connectivity index (χ3n) is 4.34. The second-order valence-electron chi connectivity index (χ2n) is 7.51. The van der Waals surface area contributed by atoms with Crippen LogP contribution in [0.1, 0.15) is 68.7 Å². The summed E-state index contributed by atoms with van der Waals surface area (Å²) in [6.07, 6.45) is 3.14. The Balaban J connectivity index is 2.52. The summed E-state index contributed by atoms with van der Waals surface area (Å²) in [5.41, 5.74) is 3.06. The predicted octanol–water partition coefficient (Wildman–Crippen LogP) is 5.40. The summed E-state index contributed by atoms with van der Waals surface area (Å²) in [4.78, 5) is 25.6. The van der Waals surface area contributed by atoms with Crippen LogP contribution in [0.5, 0.6) is 0 Å². The van der Waals surface area contributed by atoms with Crippen LogP contribution in [0, 0.1) is 11.3 Å². The van der Waals surface area contributed by atoms with Crippen molar-refractivity contribution in [1.29, 1.82) is 0 Å². The second-order valence-corrected chi connectivity index (χ2v) is 7.51. The molecular weight excluding hydrogens is 284 g/mol. The summed E-state index contributed by atoms with van der Waals surface area (Å²) in [6.45, 7) is 12.3. The Morgan fingerprint density at radius 3 is 2.13 bits per heavy atom. The van der Waals surface area contributed by atoms with Crippen molar-refractivity contribution in [2.24, 2.45) is 11.3 Å². The third kappa shape index (κ3) is 3.36. The maximum Gasteiger partial charge on any atom is 0.191 e. The number of carbonyl (C=O) groups is 2. The number of allylic oxidation sites excluding steroid dienone is 4. The van der Waals surface area contributed by atoms with E-state index in [-0.39, 0.29) is 11.6 Å². The first-order valence-corrected chi connectivity index (χ1v) is 8.23. The van der Waals surface area contributed by atoms with Crippen molar-refractivity contribution in [3.05, 3.63) is 58.2 Å². The number of hydrogen-bond donors (Lipinski definition) is 0. The molecule has 1 aromatic carbocycles. The Kier molecular flexibility index (Phi) is 4.74. The van der Waals surface area contributed by atoms with Gasteiger partial charge in [-0.2, -0.15) is 0 Å². The van der Waals surface area contributed by atoms with E-state index in [0.29, 0.717) is 28.2 Å². The Bertz CT molecular complexity index is 715. The minimum Gasteiger partial charge on any atom is -0.289 e. The average Bonchev–Trinajstić information content (AvgIpc) is 2.43. The van der Waals surface area contributed by atoms with Crippen LogP contribution in [-0.4, -0.2) is 11.6 Å². The van der Waals surface area contributed by atoms with Crippen molar-refractivity contribution in [3.8, 4) is 0 Å². The highest BCUT2D eigenvalue weighted by atomic mass is 16.1. The third-order valence-corrected chi connectivity index (χ3v) is 4.34. The van der Waals surface area contributed by atoms with Crippen LogP contribution in [-0.2, 0) is 0 Å². The van der Waals surface area contributed by atoms with E-state index in [9.17, 15) is 9.59 Å². The van der Waals surface area contributed by atoms with Gasteiger partial charge in [-0.3, -0.25) is 9.59 Å². The van der Waals surface area contributed by atoms with Crippen molar-refractivity contribution < 1.29 is 9.59 Å². The van der Waals surface area contributed by atoms with Crippen LogP contribution < -0.4 is 0 Å². The standard InChI is InChI=1S/C21H26O2/c1-13(2)11-14(3)12-21(5,6)18-15(4)19(22)16-9-7-8-10-17(16)20(18)23/h7-10,12-13H,11H2,1-6H3/b14-12+. The van der Waals surface area contributed by atoms with Crippen LogP contribution in [0.2, 0.25) is 0 Å². The molecule has 0 fully saturated rings. The van der Waals surface area contributed by atoms with Gasteiger partial charge >= 0.3 is 0 Å². The minimum atomic E-state index is -0.455. The van der Waals surface area contributed by atoms with E-state index in [1.165, 1.54) is 5.57 Å². The van der Waals surface area contributed by atoms with Gasteiger partial charge in [0.05, 0.1) is 0 Å². The van der Waals surface area contributed by atoms with E-state index in [1.54, 1.807) is 25.1 Å². The monoisotopic (exact) mass is 310 g/mol. The van der Waals surface area contributed by atoms with E-state index in [0.717, 1.165) is 6.42 Å². The Morgan fingerprint density at radius 2 is 1.61 bits per heavy atom. The number of carbonyl (C=O) groups excluding carboxylic acids is 2. The van der Waals surface area contributed by atoms with Crippen LogP contribution in [0.3, 0.4) is 0 Å². The van der Waals surface area contributed by atoms with Crippen molar-refractivity contribution in [2.75, 3.05) is 0 Å². The van der Waals surface area contributed by atoms with Crippen molar-refractivity contribution in [3.63, 3.8) is 0 Å². The maximum atomic E-state index is 13.0. The van der Waals surface area contributed by atoms with Gasteiger partial charge in [0.25, 0.3) is 0 Å². The average molecular weight is 310 g/mol. The molecule has 2 rings (SSSR count). The summed E-state index contributed by atoms with van der Waals surface area (Å²) in [5.74, 6) is 0.524. The lowest BCUT2D eigenvalue weighted by molar-refractivity contribution is 0.0960. The number of Topliss-reactive ketones (excluding diaryl/α,β-unsaturated/α-hetero) is 2. The lowest BCUT2D eigenvalue weighted by atomic mass is 9.71. The quantitative estimate of drug-likeness (QED) is 0.698. The zero-order valence-corrected chi connectivity index (χ0v) is 15.0. The highest BCUT2D eigenvalue weighted by Gasteiger charge is 2.36. The largest absolute Gasteiger partial charge is 0.289 e. The summed E-state index contributed by atoms with van der Waals surface area (Å²) in [6, 6.07) is 7.11. The zero-order valence-electron chi connectivity index (χ0n) is 15.0. The highest BCUT2D eigenvalue weighted by Crippen LogP contribution is 2.39. The first-order chi connectivity index (χ1) is 10.6. The van der Waals surface area contributed by atoms with Crippen molar-refractivity contribution in [2.45, 2.75) is 48.0 Å². The summed E-state index contributed by atoms with van der Waals surface area (Å²) >= 11 is 0. The normalized spacial score (nSPS) is 16.2. The molecular formula is C21H26O2. The molecule has 2 nitrogen and oxygen atoms in total. The van der Waals surface area contributed by atoms with Crippen LogP contribution in [0.4, 0.5) is 0 Å². The van der Waals surface area contributed by atoms with Gasteiger partial charge in [0.1, 0.15) is 0 Å². The van der Waals surface area contributed by atoms with Crippen molar-refractivity contribution >= 4 is 11.6 Å². The van der Waals surface area contributed by atoms with Crippen molar-refractivity contribution in [1.82, 2.24) is 0 Å². The van der Waals surface area contributed by atoms with Gasteiger partial charge in [-0.15, -0.1) is 0 Å². The van der Waals surface area contributed by atoms with Crippen LogP contribution in [0.15, 0.2) is 47.1 Å². The number of benzene rings is 1. The second kappa shape index (κ2) is 6.27. The summed E-state index contributed by atoms with van der Waals surface area (Å²) in [5, 5.41) is 0. The summed E-state index contributed by atoms with van der Waals surface area (Å²) < 4.78 is 0. The molecule has 0 atom stereocenters. The molecule has 0 radical (unpaired) electrons. The Morgan fingerprint density at radius 1 is 1.09 bits per heavy atom. The number of hydrogen-bond acceptors (Lipinski definition) is 2. The fourth-order valence-electron chi connectivity index (χ4n) is 3.67. The number of ketones is 2. The fourth-order valence-corrected chi connectivity index (χ4v) is 3.67. The SMILES string of the molecule is CC1=C(C(C)(C)/C=C(\C)CC(C)C)C(=O)c2ccccc2C1=O. The molecule has 0 amide bonds. The van der Waals surface area contributed by atoms with E-state index in [4.69, 9.17) is 0 Å². The molecule has 0 unspecified atom stereocenters. The number of rotatable bonds is 4. The number of fused-ring (bicyclic) bond motifs is 1. The van der Waals surface area contributed by atoms with Gasteiger partial charge in [0.15, 0.2) is 11.6 Å². The molecule has 2 heteroatoms. The predicted molar refractivity (Wildman–Crippen MR) is 94.8 cm³/mol. The first kappa shape index (κ1) is 17.4. The smallest absolute Gasteiger partial charge is 0.191 e. The molecule has 0 heterocycles. The molecule has 0 bridgehead atoms. The van der Waals surface area contributed by atoms with Gasteiger partial charge in [0.2, 0.25) is 0 Å². The minimum absolute atomic E-state index is 0.0173. The van der Waals surface area contributed by atoms with E-state index < -0.39 is 5.41 Å². The lowest BCUT2D eigenvalue weighted by Crippen LogP contribution is -2.29. The zero-order chi connectivity index (χ0) is 17.4. The molecule has 122 valence electrons. The highest BCUT2D eigenvalue weighted by molar-refractivity contribution is 6.27. The molecule has 23 heavy (non-hydrogen) atoms. The fraction of sp³-hybridized carbons (Fsp3) is 0.429. The van der Waals surface area contributed by atoms with Gasteiger partial charge in [-0.1, -0.05) is 63.6 Å². The Hall–Kier alpha value is -1.96. The Labute approximate surface area is 139 Å². The maximum absolute atomic E-state index is 13.0. The van der Waals surface area contributed by atoms with E-state index >= 15 is 0 Å². The molecule has 1 aliphatic carbocycles. The molecule has 0 spiro atoms. The molecule has 0 saturated carbocycles. The molecule has 0 aliphatic heterocycles. The summed E-state index contributed by atoms with van der Waals surface area (Å²) in [7, 11) is 0. The first-order valence-electron chi connectivity index (χ1n) is 8.23. The van der Waals surface area contributed by atoms with E-state index in [1.807, 2.05) is 19.9 Å². The molecule has 0 aromatic heterocycles. The molecule has 1 aliphatic rings.